The average molecular weight is 235 g/mol. The van der Waals surface area contributed by atoms with Crippen molar-refractivity contribution in [2.24, 2.45) is 7.05 Å². The van der Waals surface area contributed by atoms with Crippen LogP contribution in [0.4, 0.5) is 0 Å². The summed E-state index contributed by atoms with van der Waals surface area (Å²) in [6, 6.07) is 7.86. The number of rotatable bonds is 1. The molecule has 1 heterocycles. The minimum Gasteiger partial charge on any atom is -0.198 e. The maximum Gasteiger partial charge on any atom is 0.215 e. The van der Waals surface area contributed by atoms with Gasteiger partial charge in [-0.3, -0.25) is 0 Å². The topological polar surface area (TPSA) is 3.88 Å². The molecule has 0 radical (unpaired) electrons. The van der Waals surface area contributed by atoms with Crippen molar-refractivity contribution in [3.8, 4) is 11.3 Å². The van der Waals surface area contributed by atoms with E-state index < -0.39 is 26.1 Å². The fourth-order valence-corrected chi connectivity index (χ4v) is 1.88. The van der Waals surface area contributed by atoms with E-state index in [0.717, 1.165) is 6.07 Å². The van der Waals surface area contributed by atoms with Crippen LogP contribution in [-0.2, 0) is 7.05 Å². The van der Waals surface area contributed by atoms with Gasteiger partial charge in [-0.05, 0) is 37.8 Å². The molecule has 1 nitrogen and oxygen atoms in total. The normalized spacial score (nSPS) is 20.7. The second-order valence-corrected chi connectivity index (χ2v) is 4.04. The highest BCUT2D eigenvalue weighted by molar-refractivity contribution is 5.65. The summed E-state index contributed by atoms with van der Waals surface area (Å²) in [6.07, 6.45) is 0. The molecule has 1 aromatic heterocycles. The van der Waals surface area contributed by atoms with Gasteiger partial charge in [0.25, 0.3) is 0 Å². The summed E-state index contributed by atoms with van der Waals surface area (Å²) in [6.45, 7) is -6.34. The van der Waals surface area contributed by atoms with Crippen LogP contribution >= 0.6 is 0 Å². The third kappa shape index (κ3) is 1.97. The molecule has 1 heteroatoms. The van der Waals surface area contributed by atoms with E-state index in [-0.39, 0.29) is 17.0 Å². The molecule has 0 amide bonds. The molecule has 0 atom stereocenters. The lowest BCUT2D eigenvalue weighted by Gasteiger charge is -2.10. The van der Waals surface area contributed by atoms with E-state index in [2.05, 4.69) is 0 Å². The Labute approximate surface area is 116 Å². The molecule has 17 heavy (non-hydrogen) atoms. The zero-order chi connectivity index (χ0) is 20.1. The Morgan fingerprint density at radius 3 is 2.53 bits per heavy atom. The fraction of sp³-hybridized carbons (Fsp3) is 0.312. The Hall–Kier alpha value is -1.63. The molecule has 0 aliphatic rings. The van der Waals surface area contributed by atoms with Gasteiger partial charge in [0.1, 0.15) is 7.05 Å². The van der Waals surface area contributed by atoms with E-state index >= 15 is 0 Å². The molecule has 0 aliphatic carbocycles. The van der Waals surface area contributed by atoms with Crippen molar-refractivity contribution in [3.63, 3.8) is 0 Å². The predicted molar refractivity (Wildman–Crippen MR) is 72.0 cm³/mol. The second kappa shape index (κ2) is 4.33. The molecule has 0 aliphatic heterocycles. The molecular weight excluding hydrogens is 206 g/mol. The van der Waals surface area contributed by atoms with Crippen LogP contribution in [0.5, 0.6) is 0 Å². The molecule has 2 rings (SSSR count). The molecular formula is C16H20N+. The molecule has 0 spiro atoms. The minimum absolute atomic E-state index is 0.0860. The van der Waals surface area contributed by atoms with Crippen LogP contribution in [0, 0.1) is 27.5 Å². The van der Waals surface area contributed by atoms with Crippen LogP contribution in [-0.4, -0.2) is 0 Å². The van der Waals surface area contributed by atoms with Gasteiger partial charge in [0.05, 0.1) is 0 Å². The van der Waals surface area contributed by atoms with E-state index in [1.54, 1.807) is 31.2 Å². The van der Waals surface area contributed by atoms with Crippen molar-refractivity contribution in [1.82, 2.24) is 0 Å². The van der Waals surface area contributed by atoms with Crippen LogP contribution in [0.3, 0.4) is 0 Å². The van der Waals surface area contributed by atoms with Gasteiger partial charge < -0.3 is 0 Å². The minimum atomic E-state index is -2.77. The predicted octanol–water partition coefficient (Wildman–Crippen LogP) is 3.41. The number of aromatic nitrogens is 1. The van der Waals surface area contributed by atoms with Gasteiger partial charge in [0, 0.05) is 36.4 Å². The van der Waals surface area contributed by atoms with Crippen molar-refractivity contribution < 1.29 is 16.9 Å². The van der Waals surface area contributed by atoms with Crippen LogP contribution in [0.15, 0.2) is 30.3 Å². The lowest BCUT2D eigenvalue weighted by molar-refractivity contribution is -0.667. The van der Waals surface area contributed by atoms with Crippen LogP contribution in [0.1, 0.15) is 34.7 Å². The summed E-state index contributed by atoms with van der Waals surface area (Å²) in [5.41, 5.74) is 0.255. The molecule has 1 aromatic carbocycles. The molecule has 0 N–H and O–H groups in total. The van der Waals surface area contributed by atoms with Crippen LogP contribution in [0.25, 0.3) is 11.3 Å². The second-order valence-electron chi connectivity index (χ2n) is 4.04. The Kier molecular flexibility index (Phi) is 1.25. The first-order valence-corrected chi connectivity index (χ1v) is 5.30. The number of aryl methyl sites for hydroxylation is 3. The van der Waals surface area contributed by atoms with Gasteiger partial charge in [-0.25, -0.2) is 0 Å². The number of nitrogens with zero attached hydrogens (tertiary/aromatic N) is 1. The smallest absolute Gasteiger partial charge is 0.198 e. The summed E-state index contributed by atoms with van der Waals surface area (Å²) < 4.78 is 71.5. The van der Waals surface area contributed by atoms with Gasteiger partial charge in [0.15, 0.2) is 5.69 Å². The van der Waals surface area contributed by atoms with Crippen molar-refractivity contribution in [1.29, 1.82) is 0 Å². The van der Waals surface area contributed by atoms with Gasteiger partial charge in [-0.1, -0.05) is 18.2 Å². The van der Waals surface area contributed by atoms with E-state index in [4.69, 9.17) is 12.3 Å². The van der Waals surface area contributed by atoms with Crippen molar-refractivity contribution in [3.05, 3.63) is 52.7 Å². The number of benzene rings is 1. The Balaban J connectivity index is 3.12. The lowest BCUT2D eigenvalue weighted by Crippen LogP contribution is -2.36. The summed E-state index contributed by atoms with van der Waals surface area (Å²) in [4.78, 5) is 0. The highest BCUT2D eigenvalue weighted by Crippen LogP contribution is 2.25. The standard InChI is InChI=1S/C16H20N/c1-11-8-6-7-9-15(11)16-14(4)12(2)10-13(3)17(16)5/h6-10H,1-5H3/q+1/i2D3,3D3,4D3. The Morgan fingerprint density at radius 1 is 1.06 bits per heavy atom. The molecule has 0 saturated carbocycles. The molecule has 88 valence electrons. The fourth-order valence-electron chi connectivity index (χ4n) is 1.88. The molecule has 0 fully saturated rings. The van der Waals surface area contributed by atoms with Crippen LogP contribution in [0.2, 0.25) is 0 Å². The number of hydrogen-bond acceptors (Lipinski definition) is 0. The van der Waals surface area contributed by atoms with E-state index in [1.165, 1.54) is 11.6 Å². The quantitative estimate of drug-likeness (QED) is 0.667. The average Bonchev–Trinajstić information content (AvgIpc) is 2.44. The maximum absolute atomic E-state index is 7.91. The molecule has 2 aromatic rings. The summed E-state index contributed by atoms with van der Waals surface area (Å²) in [7, 11) is 1.45. The highest BCUT2D eigenvalue weighted by atomic mass is 14.9. The maximum atomic E-state index is 7.91. The summed E-state index contributed by atoms with van der Waals surface area (Å²) >= 11 is 0. The first kappa shape index (κ1) is 4.93. The largest absolute Gasteiger partial charge is 0.215 e. The van der Waals surface area contributed by atoms with E-state index in [9.17, 15) is 0 Å². The van der Waals surface area contributed by atoms with Gasteiger partial charge >= 0.3 is 0 Å². The summed E-state index contributed by atoms with van der Waals surface area (Å²) in [5, 5.41) is 0. The van der Waals surface area contributed by atoms with E-state index in [0.29, 0.717) is 11.1 Å². The van der Waals surface area contributed by atoms with Crippen molar-refractivity contribution >= 4 is 0 Å². The van der Waals surface area contributed by atoms with Crippen molar-refractivity contribution in [2.75, 3.05) is 0 Å². The Morgan fingerprint density at radius 2 is 1.88 bits per heavy atom. The molecule has 0 saturated heterocycles. The number of pyridine rings is 1. The zero-order valence-electron chi connectivity index (χ0n) is 18.8. The third-order valence-electron chi connectivity index (χ3n) is 2.88. The molecule has 0 unspecified atom stereocenters. The SMILES string of the molecule is [2H]C([2H])([2H])c1cc(C([2H])([2H])[2H])[n+](C)c(-c2ccccc2C)c1C([2H])([2H])[2H]. The van der Waals surface area contributed by atoms with E-state index in [1.807, 2.05) is 0 Å². The van der Waals surface area contributed by atoms with Crippen LogP contribution < -0.4 is 4.57 Å². The van der Waals surface area contributed by atoms with Gasteiger partial charge in [0.2, 0.25) is 5.69 Å². The first-order chi connectivity index (χ1) is 11.7. The highest BCUT2D eigenvalue weighted by Gasteiger charge is 2.19. The monoisotopic (exact) mass is 235 g/mol. The third-order valence-corrected chi connectivity index (χ3v) is 2.88. The van der Waals surface area contributed by atoms with Crippen molar-refractivity contribution in [2.45, 2.75) is 27.5 Å². The number of hydrogen-bond donors (Lipinski definition) is 0. The Bertz CT molecular complexity index is 829. The lowest BCUT2D eigenvalue weighted by atomic mass is 9.98. The first-order valence-electron chi connectivity index (χ1n) is 9.80. The van der Waals surface area contributed by atoms with Gasteiger partial charge in [-0.2, -0.15) is 4.57 Å². The molecule has 0 bridgehead atoms. The van der Waals surface area contributed by atoms with Gasteiger partial charge in [-0.15, -0.1) is 0 Å². The summed E-state index contributed by atoms with van der Waals surface area (Å²) in [5.74, 6) is 0. The zero-order valence-corrected chi connectivity index (χ0v) is 9.83.